The maximum absolute atomic E-state index is 13.6. The van der Waals surface area contributed by atoms with Gasteiger partial charge in [0.25, 0.3) is 0 Å². The number of benzene rings is 2. The average molecular weight is 571 g/mol. The number of nitrogens with zero attached hydrogens (tertiary/aromatic N) is 2. The molecule has 0 aliphatic heterocycles. The molecule has 0 aromatic heterocycles. The first-order valence-corrected chi connectivity index (χ1v) is 14.2. The van der Waals surface area contributed by atoms with E-state index in [1.807, 2.05) is 13.8 Å². The first kappa shape index (κ1) is 28.8. The van der Waals surface area contributed by atoms with Crippen molar-refractivity contribution in [2.75, 3.05) is 23.7 Å². The van der Waals surface area contributed by atoms with Crippen LogP contribution < -0.4 is 9.62 Å². The van der Waals surface area contributed by atoms with Gasteiger partial charge in [-0.25, -0.2) is 12.8 Å². The number of anilines is 1. The van der Waals surface area contributed by atoms with Gasteiger partial charge in [-0.05, 0) is 61.2 Å². The SMILES string of the molecule is CCCCNC(=O)C(CC)N(Cc1ccc(F)cc1)C(=O)CN(c1ccc(Br)c(C)c1)S(C)(=O)=O. The number of unbranched alkanes of at least 4 members (excludes halogenated alkanes) is 1. The molecule has 1 unspecified atom stereocenters. The number of hydrogen-bond donors (Lipinski definition) is 1. The third kappa shape index (κ3) is 8.31. The van der Waals surface area contributed by atoms with Crippen molar-refractivity contribution >= 4 is 43.5 Å². The van der Waals surface area contributed by atoms with Crippen LogP contribution >= 0.6 is 15.9 Å². The fraction of sp³-hybridized carbons (Fsp3) is 0.440. The van der Waals surface area contributed by atoms with Gasteiger partial charge >= 0.3 is 0 Å². The van der Waals surface area contributed by atoms with E-state index in [4.69, 9.17) is 0 Å². The molecule has 0 saturated heterocycles. The molecule has 1 N–H and O–H groups in total. The quantitative estimate of drug-likeness (QED) is 0.384. The standard InChI is InChI=1S/C25H33BrFN3O4S/c1-5-7-14-28-25(32)23(6-2)29(16-19-8-10-20(27)11-9-19)24(31)17-30(35(4,33)34)21-12-13-22(26)18(3)15-21/h8-13,15,23H,5-7,14,16-17H2,1-4H3,(H,28,32). The van der Waals surface area contributed by atoms with Gasteiger partial charge in [0.15, 0.2) is 0 Å². The summed E-state index contributed by atoms with van der Waals surface area (Å²) >= 11 is 3.40. The minimum atomic E-state index is -3.80. The summed E-state index contributed by atoms with van der Waals surface area (Å²) in [5, 5.41) is 2.86. The van der Waals surface area contributed by atoms with Crippen LogP contribution in [0.15, 0.2) is 46.9 Å². The Kier molecular flexibility index (Phi) is 10.7. The van der Waals surface area contributed by atoms with Crippen molar-refractivity contribution in [1.29, 1.82) is 0 Å². The Labute approximate surface area is 215 Å². The molecule has 1 atom stereocenters. The van der Waals surface area contributed by atoms with E-state index < -0.39 is 34.3 Å². The van der Waals surface area contributed by atoms with Crippen molar-refractivity contribution in [2.24, 2.45) is 0 Å². The van der Waals surface area contributed by atoms with Crippen molar-refractivity contribution in [3.8, 4) is 0 Å². The Bertz CT molecular complexity index is 1130. The third-order valence-corrected chi connectivity index (χ3v) is 7.62. The van der Waals surface area contributed by atoms with Gasteiger partial charge in [0.1, 0.15) is 18.4 Å². The second kappa shape index (κ2) is 13.0. The third-order valence-electron chi connectivity index (χ3n) is 5.59. The summed E-state index contributed by atoms with van der Waals surface area (Å²) in [5.74, 6) is -1.25. The van der Waals surface area contributed by atoms with Crippen molar-refractivity contribution in [1.82, 2.24) is 10.2 Å². The van der Waals surface area contributed by atoms with Crippen LogP contribution in [0.5, 0.6) is 0 Å². The Morgan fingerprint density at radius 2 is 1.77 bits per heavy atom. The van der Waals surface area contributed by atoms with Crippen LogP contribution in [0.2, 0.25) is 0 Å². The van der Waals surface area contributed by atoms with Crippen molar-refractivity contribution in [2.45, 2.75) is 52.6 Å². The zero-order valence-corrected chi connectivity index (χ0v) is 23.0. The number of carbonyl (C=O) groups excluding carboxylic acids is 2. The molecular weight excluding hydrogens is 537 g/mol. The van der Waals surface area contributed by atoms with Crippen molar-refractivity contribution in [3.05, 3.63) is 63.9 Å². The molecule has 2 amide bonds. The maximum atomic E-state index is 13.6. The largest absolute Gasteiger partial charge is 0.354 e. The van der Waals surface area contributed by atoms with E-state index in [0.717, 1.165) is 33.4 Å². The minimum Gasteiger partial charge on any atom is -0.354 e. The molecule has 0 bridgehead atoms. The van der Waals surface area contributed by atoms with Crippen molar-refractivity contribution < 1.29 is 22.4 Å². The molecule has 0 spiro atoms. The predicted molar refractivity (Wildman–Crippen MR) is 140 cm³/mol. The lowest BCUT2D eigenvalue weighted by Gasteiger charge is -2.33. The molecule has 0 saturated carbocycles. The minimum absolute atomic E-state index is 0.0375. The first-order valence-electron chi connectivity index (χ1n) is 11.5. The molecule has 0 aliphatic rings. The smallest absolute Gasteiger partial charge is 0.244 e. The van der Waals surface area contributed by atoms with E-state index in [-0.39, 0.29) is 12.5 Å². The second-order valence-corrected chi connectivity index (χ2v) is 11.2. The molecule has 10 heteroatoms. The van der Waals surface area contributed by atoms with E-state index >= 15 is 0 Å². The highest BCUT2D eigenvalue weighted by Crippen LogP contribution is 2.25. The first-order chi connectivity index (χ1) is 16.5. The lowest BCUT2D eigenvalue weighted by molar-refractivity contribution is -0.140. The second-order valence-electron chi connectivity index (χ2n) is 8.42. The van der Waals surface area contributed by atoms with Gasteiger partial charge in [-0.15, -0.1) is 0 Å². The van der Waals surface area contributed by atoms with Crippen LogP contribution in [0.25, 0.3) is 0 Å². The topological polar surface area (TPSA) is 86.8 Å². The van der Waals surface area contributed by atoms with Crippen LogP contribution in [-0.4, -0.2) is 50.5 Å². The number of amides is 2. The maximum Gasteiger partial charge on any atom is 0.244 e. The summed E-state index contributed by atoms with van der Waals surface area (Å²) in [4.78, 5) is 27.9. The highest BCUT2D eigenvalue weighted by molar-refractivity contribution is 9.10. The van der Waals surface area contributed by atoms with Gasteiger partial charge in [0.05, 0.1) is 11.9 Å². The highest BCUT2D eigenvalue weighted by Gasteiger charge is 2.31. The fourth-order valence-electron chi connectivity index (χ4n) is 3.61. The van der Waals surface area contributed by atoms with Gasteiger partial charge < -0.3 is 10.2 Å². The number of nitrogens with one attached hydrogen (secondary N) is 1. The number of carbonyl (C=O) groups is 2. The number of sulfonamides is 1. The number of hydrogen-bond acceptors (Lipinski definition) is 4. The lowest BCUT2D eigenvalue weighted by atomic mass is 10.1. The zero-order chi connectivity index (χ0) is 26.2. The zero-order valence-electron chi connectivity index (χ0n) is 20.6. The lowest BCUT2D eigenvalue weighted by Crippen LogP contribution is -2.52. The molecule has 192 valence electrons. The summed E-state index contributed by atoms with van der Waals surface area (Å²) < 4.78 is 40.6. The summed E-state index contributed by atoms with van der Waals surface area (Å²) in [6.07, 6.45) is 3.09. The van der Waals surface area contributed by atoms with Gasteiger partial charge in [-0.1, -0.05) is 48.3 Å². The summed E-state index contributed by atoms with van der Waals surface area (Å²) in [6, 6.07) is 9.87. The molecule has 7 nitrogen and oxygen atoms in total. The summed E-state index contributed by atoms with van der Waals surface area (Å²) in [6.45, 7) is 5.68. The molecule has 0 radical (unpaired) electrons. The fourth-order valence-corrected chi connectivity index (χ4v) is 4.70. The Balaban J connectivity index is 2.41. The highest BCUT2D eigenvalue weighted by atomic mass is 79.9. The molecular formula is C25H33BrFN3O4S. The predicted octanol–water partition coefficient (Wildman–Crippen LogP) is 4.39. The normalized spacial score (nSPS) is 12.2. The summed E-state index contributed by atoms with van der Waals surface area (Å²) in [5.41, 5.74) is 1.79. The van der Waals surface area contributed by atoms with Gasteiger partial charge in [-0.2, -0.15) is 0 Å². The molecule has 2 rings (SSSR count). The average Bonchev–Trinajstić information content (AvgIpc) is 2.80. The Hall–Kier alpha value is -2.46. The molecule has 0 fully saturated rings. The molecule has 0 aliphatic carbocycles. The van der Waals surface area contributed by atoms with E-state index in [1.54, 1.807) is 37.3 Å². The molecule has 0 heterocycles. The van der Waals surface area contributed by atoms with Gasteiger partial charge in [0.2, 0.25) is 21.8 Å². The number of aryl methyl sites for hydroxylation is 1. The van der Waals surface area contributed by atoms with Crippen molar-refractivity contribution in [3.63, 3.8) is 0 Å². The van der Waals surface area contributed by atoms with Crippen LogP contribution in [0.1, 0.15) is 44.2 Å². The van der Waals surface area contributed by atoms with Gasteiger partial charge in [-0.3, -0.25) is 13.9 Å². The number of halogens is 2. The monoisotopic (exact) mass is 569 g/mol. The van der Waals surface area contributed by atoms with Crippen LogP contribution in [-0.2, 0) is 26.2 Å². The molecule has 35 heavy (non-hydrogen) atoms. The van der Waals surface area contributed by atoms with Crippen LogP contribution in [0.4, 0.5) is 10.1 Å². The van der Waals surface area contributed by atoms with Gasteiger partial charge in [0, 0.05) is 17.6 Å². The van der Waals surface area contributed by atoms with Crippen LogP contribution in [0, 0.1) is 12.7 Å². The Morgan fingerprint density at radius 3 is 2.31 bits per heavy atom. The number of rotatable bonds is 12. The van der Waals surface area contributed by atoms with E-state index in [9.17, 15) is 22.4 Å². The summed E-state index contributed by atoms with van der Waals surface area (Å²) in [7, 11) is -3.80. The Morgan fingerprint density at radius 1 is 1.11 bits per heavy atom. The van der Waals surface area contributed by atoms with E-state index in [0.29, 0.717) is 24.2 Å². The molecule has 2 aromatic rings. The molecule has 2 aromatic carbocycles. The van der Waals surface area contributed by atoms with Crippen LogP contribution in [0.3, 0.4) is 0 Å². The van der Waals surface area contributed by atoms with E-state index in [1.165, 1.54) is 17.0 Å². The van der Waals surface area contributed by atoms with E-state index in [2.05, 4.69) is 21.2 Å².